The van der Waals surface area contributed by atoms with Gasteiger partial charge in [0.25, 0.3) is 0 Å². The Hall–Kier alpha value is -1.89. The maximum atomic E-state index is 13.8. The van der Waals surface area contributed by atoms with E-state index in [0.717, 1.165) is 18.9 Å². The summed E-state index contributed by atoms with van der Waals surface area (Å²) in [5, 5.41) is 6.63. The van der Waals surface area contributed by atoms with Crippen molar-refractivity contribution in [2.45, 2.75) is 31.9 Å². The minimum absolute atomic E-state index is 0.202. The zero-order chi connectivity index (χ0) is 16.9. The molecule has 2 N–H and O–H groups in total. The highest BCUT2D eigenvalue weighted by Crippen LogP contribution is 2.20. The van der Waals surface area contributed by atoms with Crippen molar-refractivity contribution in [2.24, 2.45) is 4.99 Å². The lowest BCUT2D eigenvalue weighted by Gasteiger charge is -2.25. The first-order valence-electron chi connectivity index (χ1n) is 7.83. The van der Waals surface area contributed by atoms with Crippen molar-refractivity contribution in [3.8, 4) is 0 Å². The minimum Gasteiger partial charge on any atom is -0.377 e. The fourth-order valence-corrected chi connectivity index (χ4v) is 2.44. The molecule has 2 rings (SSSR count). The number of halogens is 1. The summed E-state index contributed by atoms with van der Waals surface area (Å²) in [6, 6.07) is 3.25. The monoisotopic (exact) mass is 323 g/mol. The molecule has 0 radical (unpaired) electrons. The van der Waals surface area contributed by atoms with Gasteiger partial charge < -0.3 is 20.3 Å². The maximum absolute atomic E-state index is 13.8. The van der Waals surface area contributed by atoms with Gasteiger partial charge in [0.1, 0.15) is 0 Å². The fourth-order valence-electron chi connectivity index (χ4n) is 2.44. The standard InChI is InChI=1S/C16H26FN5O/c1-16(2,23-4)11-20-15(18-3)21-12-7-9-22(10-12)14-13(17)6-5-8-19-14/h5-6,8,12H,7,9-11H2,1-4H3,(H2,18,20,21). The van der Waals surface area contributed by atoms with Crippen LogP contribution in [0.1, 0.15) is 20.3 Å². The van der Waals surface area contributed by atoms with Crippen LogP contribution in [0.3, 0.4) is 0 Å². The van der Waals surface area contributed by atoms with Crippen molar-refractivity contribution in [2.75, 3.05) is 38.7 Å². The molecule has 0 aromatic carbocycles. The van der Waals surface area contributed by atoms with E-state index in [4.69, 9.17) is 4.74 Å². The first-order chi connectivity index (χ1) is 10.9. The summed E-state index contributed by atoms with van der Waals surface area (Å²) in [6.45, 7) is 6.13. The number of nitrogens with zero attached hydrogens (tertiary/aromatic N) is 3. The van der Waals surface area contributed by atoms with Crippen LogP contribution in [0, 0.1) is 5.82 Å². The summed E-state index contributed by atoms with van der Waals surface area (Å²) in [4.78, 5) is 10.3. The molecule has 1 aromatic heterocycles. The number of hydrogen-bond acceptors (Lipinski definition) is 4. The number of hydrogen-bond donors (Lipinski definition) is 2. The van der Waals surface area contributed by atoms with Gasteiger partial charge in [-0.05, 0) is 32.4 Å². The molecule has 1 aliphatic heterocycles. The number of rotatable bonds is 5. The van der Waals surface area contributed by atoms with E-state index in [-0.39, 0.29) is 17.5 Å². The molecule has 128 valence electrons. The number of nitrogens with one attached hydrogen (secondary N) is 2. The highest BCUT2D eigenvalue weighted by molar-refractivity contribution is 5.80. The van der Waals surface area contributed by atoms with Crippen molar-refractivity contribution < 1.29 is 9.13 Å². The summed E-state index contributed by atoms with van der Waals surface area (Å²) in [5.74, 6) is 0.862. The van der Waals surface area contributed by atoms with Gasteiger partial charge in [0, 0.05) is 46.0 Å². The van der Waals surface area contributed by atoms with Gasteiger partial charge in [0.2, 0.25) is 0 Å². The number of ether oxygens (including phenoxy) is 1. The molecule has 2 heterocycles. The van der Waals surface area contributed by atoms with Crippen LogP contribution in [0.25, 0.3) is 0 Å². The molecule has 1 fully saturated rings. The predicted octanol–water partition coefficient (Wildman–Crippen LogP) is 1.39. The first kappa shape index (κ1) is 17.5. The topological polar surface area (TPSA) is 61.8 Å². The lowest BCUT2D eigenvalue weighted by Crippen LogP contribution is -2.49. The maximum Gasteiger partial charge on any atom is 0.191 e. The molecule has 7 heteroatoms. The van der Waals surface area contributed by atoms with Gasteiger partial charge in [0.15, 0.2) is 17.6 Å². The molecule has 23 heavy (non-hydrogen) atoms. The molecule has 0 bridgehead atoms. The Morgan fingerprint density at radius 1 is 1.57 bits per heavy atom. The molecule has 1 saturated heterocycles. The van der Waals surface area contributed by atoms with Crippen LogP contribution in [-0.4, -0.2) is 56.4 Å². The average molecular weight is 323 g/mol. The Bertz CT molecular complexity index is 549. The number of methoxy groups -OCH3 is 1. The Balaban J connectivity index is 1.88. The first-order valence-corrected chi connectivity index (χ1v) is 7.83. The lowest BCUT2D eigenvalue weighted by atomic mass is 10.1. The van der Waals surface area contributed by atoms with Crippen molar-refractivity contribution in [1.29, 1.82) is 0 Å². The fraction of sp³-hybridized carbons (Fsp3) is 0.625. The van der Waals surface area contributed by atoms with Gasteiger partial charge in [-0.3, -0.25) is 4.99 Å². The van der Waals surface area contributed by atoms with Crippen molar-refractivity contribution in [1.82, 2.24) is 15.6 Å². The van der Waals surface area contributed by atoms with Crippen molar-refractivity contribution in [3.05, 3.63) is 24.1 Å². The van der Waals surface area contributed by atoms with Crippen molar-refractivity contribution in [3.63, 3.8) is 0 Å². The molecule has 0 saturated carbocycles. The SMILES string of the molecule is CN=C(NCC(C)(C)OC)NC1CCN(c2ncccc2F)C1. The molecule has 1 atom stereocenters. The number of aromatic nitrogens is 1. The number of anilines is 1. The van der Waals surface area contributed by atoms with Crippen LogP contribution in [0.15, 0.2) is 23.3 Å². The average Bonchev–Trinajstić information content (AvgIpc) is 3.00. The lowest BCUT2D eigenvalue weighted by molar-refractivity contribution is 0.0268. The van der Waals surface area contributed by atoms with E-state index < -0.39 is 0 Å². The third-order valence-corrected chi connectivity index (χ3v) is 4.03. The second kappa shape index (κ2) is 7.59. The van der Waals surface area contributed by atoms with Gasteiger partial charge in [-0.15, -0.1) is 0 Å². The molecule has 0 aliphatic carbocycles. The quantitative estimate of drug-likeness (QED) is 0.633. The van der Waals surface area contributed by atoms with Gasteiger partial charge in [-0.2, -0.15) is 0 Å². The van der Waals surface area contributed by atoms with Gasteiger partial charge >= 0.3 is 0 Å². The Morgan fingerprint density at radius 3 is 3.00 bits per heavy atom. The molecule has 1 unspecified atom stereocenters. The van der Waals surface area contributed by atoms with Crippen molar-refractivity contribution >= 4 is 11.8 Å². The van der Waals surface area contributed by atoms with E-state index in [1.807, 2.05) is 18.7 Å². The predicted molar refractivity (Wildman–Crippen MR) is 90.4 cm³/mol. The highest BCUT2D eigenvalue weighted by Gasteiger charge is 2.26. The van der Waals surface area contributed by atoms with E-state index in [1.54, 1.807) is 26.4 Å². The summed E-state index contributed by atoms with van der Waals surface area (Å²) in [5.41, 5.74) is -0.267. The summed E-state index contributed by atoms with van der Waals surface area (Å²) in [7, 11) is 3.42. The molecular formula is C16H26FN5O. The number of aliphatic imine (C=N–C) groups is 1. The zero-order valence-corrected chi connectivity index (χ0v) is 14.3. The van der Waals surface area contributed by atoms with Crippen LogP contribution in [0.5, 0.6) is 0 Å². The Morgan fingerprint density at radius 2 is 2.35 bits per heavy atom. The minimum atomic E-state index is -0.280. The van der Waals surface area contributed by atoms with E-state index >= 15 is 0 Å². The largest absolute Gasteiger partial charge is 0.377 e. The smallest absolute Gasteiger partial charge is 0.191 e. The molecule has 6 nitrogen and oxygen atoms in total. The summed E-state index contributed by atoms with van der Waals surface area (Å²) >= 11 is 0. The number of guanidine groups is 1. The van der Waals surface area contributed by atoms with Gasteiger partial charge in [-0.25, -0.2) is 9.37 Å². The van der Waals surface area contributed by atoms with Crippen LogP contribution in [-0.2, 0) is 4.74 Å². The number of pyridine rings is 1. The molecular weight excluding hydrogens is 297 g/mol. The Kier molecular flexibility index (Phi) is 5.76. The van der Waals surface area contributed by atoms with Crippen LogP contribution >= 0.6 is 0 Å². The Labute approximate surface area is 137 Å². The molecule has 0 spiro atoms. The van der Waals surface area contributed by atoms with Gasteiger partial charge in [-0.1, -0.05) is 0 Å². The molecule has 1 aromatic rings. The molecule has 0 amide bonds. The normalized spacial score (nSPS) is 19.1. The highest BCUT2D eigenvalue weighted by atomic mass is 19.1. The van der Waals surface area contributed by atoms with E-state index in [9.17, 15) is 4.39 Å². The van der Waals surface area contributed by atoms with Crippen LogP contribution in [0.2, 0.25) is 0 Å². The van der Waals surface area contributed by atoms with Crippen LogP contribution in [0.4, 0.5) is 10.2 Å². The molecule has 1 aliphatic rings. The van der Waals surface area contributed by atoms with Crippen LogP contribution < -0.4 is 15.5 Å². The summed E-state index contributed by atoms with van der Waals surface area (Å²) in [6.07, 6.45) is 2.52. The summed E-state index contributed by atoms with van der Waals surface area (Å²) < 4.78 is 19.2. The van der Waals surface area contributed by atoms with E-state index in [1.165, 1.54) is 6.07 Å². The van der Waals surface area contributed by atoms with E-state index in [0.29, 0.717) is 18.9 Å². The second-order valence-electron chi connectivity index (χ2n) is 6.27. The third-order valence-electron chi connectivity index (χ3n) is 4.03. The van der Waals surface area contributed by atoms with E-state index in [2.05, 4.69) is 20.6 Å². The second-order valence-corrected chi connectivity index (χ2v) is 6.27. The third kappa shape index (κ3) is 4.79. The van der Waals surface area contributed by atoms with Gasteiger partial charge in [0.05, 0.1) is 5.60 Å². The zero-order valence-electron chi connectivity index (χ0n) is 14.3.